The lowest BCUT2D eigenvalue weighted by Gasteiger charge is -2.31. The molecule has 0 radical (unpaired) electrons. The highest BCUT2D eigenvalue weighted by Crippen LogP contribution is 2.31. The van der Waals surface area contributed by atoms with Gasteiger partial charge in [0.25, 0.3) is 11.8 Å². The molecule has 0 spiro atoms. The minimum atomic E-state index is -0.615. The molecule has 0 bridgehead atoms. The van der Waals surface area contributed by atoms with Gasteiger partial charge in [0, 0.05) is 49.1 Å². The molecule has 2 aliphatic heterocycles. The van der Waals surface area contributed by atoms with Crippen LogP contribution in [0.5, 0.6) is 0 Å². The van der Waals surface area contributed by atoms with Crippen molar-refractivity contribution in [2.75, 3.05) is 26.2 Å². The average molecular weight is 738 g/mol. The van der Waals surface area contributed by atoms with E-state index in [1.54, 1.807) is 46.6 Å². The van der Waals surface area contributed by atoms with Crippen molar-refractivity contribution < 1.29 is 36.0 Å². The van der Waals surface area contributed by atoms with E-state index in [9.17, 15) is 27.2 Å². The maximum atomic E-state index is 13.1. The van der Waals surface area contributed by atoms with Gasteiger partial charge in [-0.1, -0.05) is 0 Å². The summed E-state index contributed by atoms with van der Waals surface area (Å²) in [6.45, 7) is 2.25. The molecule has 0 saturated carbocycles. The van der Waals surface area contributed by atoms with Gasteiger partial charge < -0.3 is 18.6 Å². The van der Waals surface area contributed by atoms with Crippen molar-refractivity contribution in [3.05, 3.63) is 150 Å². The molecule has 2 saturated heterocycles. The third kappa shape index (κ3) is 8.57. The van der Waals surface area contributed by atoms with Crippen LogP contribution in [-0.4, -0.2) is 62.7 Å². The van der Waals surface area contributed by atoms with Crippen LogP contribution < -0.4 is 0 Å². The van der Waals surface area contributed by atoms with Crippen molar-refractivity contribution in [2.45, 2.75) is 37.5 Å². The molecule has 13 heteroatoms. The lowest BCUT2D eigenvalue weighted by molar-refractivity contribution is 0.0690. The minimum absolute atomic E-state index is 0.00246. The Morgan fingerprint density at radius 2 is 1.00 bits per heavy atom. The van der Waals surface area contributed by atoms with Crippen LogP contribution >= 0.6 is 0 Å². The molecule has 8 rings (SSSR count). The van der Waals surface area contributed by atoms with Gasteiger partial charge in [0.2, 0.25) is 5.95 Å². The predicted octanol–water partition coefficient (Wildman–Crippen LogP) is 8.67. The first-order chi connectivity index (χ1) is 26.2. The molecule has 54 heavy (non-hydrogen) atoms. The lowest BCUT2D eigenvalue weighted by atomic mass is 9.97. The Morgan fingerprint density at radius 1 is 0.574 bits per heavy atom. The first-order valence-corrected chi connectivity index (χ1v) is 17.6. The van der Waals surface area contributed by atoms with Gasteiger partial charge in [0.05, 0.1) is 17.4 Å². The van der Waals surface area contributed by atoms with Gasteiger partial charge in [-0.3, -0.25) is 9.59 Å². The Labute approximate surface area is 308 Å². The molecule has 9 nitrogen and oxygen atoms in total. The zero-order chi connectivity index (χ0) is 37.6. The fourth-order valence-corrected chi connectivity index (χ4v) is 6.64. The van der Waals surface area contributed by atoms with Crippen LogP contribution in [0.3, 0.4) is 0 Å². The van der Waals surface area contributed by atoms with Gasteiger partial charge in [-0.25, -0.2) is 28.1 Å². The summed E-state index contributed by atoms with van der Waals surface area (Å²) in [4.78, 5) is 41.4. The molecular weight excluding hydrogens is 702 g/mol. The molecule has 2 atom stereocenters. The van der Waals surface area contributed by atoms with Gasteiger partial charge >= 0.3 is 0 Å². The van der Waals surface area contributed by atoms with Crippen LogP contribution in [0.1, 0.15) is 70.0 Å². The van der Waals surface area contributed by atoms with Gasteiger partial charge in [0.1, 0.15) is 41.4 Å². The standard InChI is InChI=1S/C21H18F2N2O2.C20H17F2N3O2/c22-17-7-3-14(4-8-17)19-13-27-20(24-19)16-2-1-11-25(12-16)21(26)15-5-9-18(23)10-6-15;21-16-6-3-13(4-7-16)17-12-27-19(24-17)15-2-1-9-25(11-15)20(26)14-5-8-18(22)23-10-14/h3-10,13,16H,1-2,11-12H2;3-8,10,12,15H,1-2,9,11H2/t16-;15-/m00/s1. The summed E-state index contributed by atoms with van der Waals surface area (Å²) in [5, 5.41) is 0. The topological polar surface area (TPSA) is 106 Å². The number of likely N-dealkylation sites (tertiary alicyclic amines) is 2. The second kappa shape index (κ2) is 16.3. The first kappa shape index (κ1) is 36.3. The van der Waals surface area contributed by atoms with Crippen molar-refractivity contribution in [1.82, 2.24) is 24.8 Å². The van der Waals surface area contributed by atoms with Crippen molar-refractivity contribution in [2.24, 2.45) is 0 Å². The molecule has 6 aromatic rings. The summed E-state index contributed by atoms with van der Waals surface area (Å²) >= 11 is 0. The molecule has 0 unspecified atom stereocenters. The smallest absolute Gasteiger partial charge is 0.255 e. The molecule has 3 aromatic carbocycles. The molecule has 3 aromatic heterocycles. The number of nitrogens with zero attached hydrogens (tertiary/aromatic N) is 5. The summed E-state index contributed by atoms with van der Waals surface area (Å²) in [5.74, 6) is -0.781. The predicted molar refractivity (Wildman–Crippen MR) is 190 cm³/mol. The Balaban J connectivity index is 0.000000167. The molecule has 0 aliphatic carbocycles. The highest BCUT2D eigenvalue weighted by Gasteiger charge is 2.30. The molecule has 5 heterocycles. The minimum Gasteiger partial charge on any atom is -0.448 e. The number of carbonyl (C=O) groups is 2. The van der Waals surface area contributed by atoms with Gasteiger partial charge in [0.15, 0.2) is 11.8 Å². The number of hydrogen-bond donors (Lipinski definition) is 0. The number of oxazole rings is 2. The zero-order valence-electron chi connectivity index (χ0n) is 29.0. The van der Waals surface area contributed by atoms with E-state index in [0.29, 0.717) is 60.5 Å². The monoisotopic (exact) mass is 737 g/mol. The largest absolute Gasteiger partial charge is 0.448 e. The lowest BCUT2D eigenvalue weighted by Crippen LogP contribution is -2.39. The number of benzene rings is 3. The van der Waals surface area contributed by atoms with Gasteiger partial charge in [-0.15, -0.1) is 0 Å². The van der Waals surface area contributed by atoms with Crippen LogP contribution in [0.2, 0.25) is 0 Å². The fourth-order valence-electron chi connectivity index (χ4n) is 6.64. The number of aromatic nitrogens is 3. The Bertz CT molecular complexity index is 2030. The fraction of sp³-hybridized carbons (Fsp3) is 0.244. The van der Waals surface area contributed by atoms with Crippen molar-refractivity contribution in [3.63, 3.8) is 0 Å². The first-order valence-electron chi connectivity index (χ1n) is 17.6. The summed E-state index contributed by atoms with van der Waals surface area (Å²) in [6, 6.07) is 20.3. The number of amides is 2. The van der Waals surface area contributed by atoms with E-state index in [-0.39, 0.29) is 41.1 Å². The Morgan fingerprint density at radius 3 is 1.44 bits per heavy atom. The second-order valence-electron chi connectivity index (χ2n) is 13.2. The van der Waals surface area contributed by atoms with E-state index < -0.39 is 5.95 Å². The quantitative estimate of drug-likeness (QED) is 0.124. The number of carbonyl (C=O) groups excluding carboxylic acids is 2. The average Bonchev–Trinajstić information content (AvgIpc) is 3.91. The maximum Gasteiger partial charge on any atom is 0.255 e. The van der Waals surface area contributed by atoms with Gasteiger partial charge in [-0.2, -0.15) is 4.39 Å². The summed E-state index contributed by atoms with van der Waals surface area (Å²) < 4.78 is 63.5. The van der Waals surface area contributed by atoms with Crippen molar-refractivity contribution in [3.8, 4) is 22.5 Å². The Kier molecular flexibility index (Phi) is 10.9. The third-order valence-electron chi connectivity index (χ3n) is 9.51. The van der Waals surface area contributed by atoms with E-state index >= 15 is 0 Å². The number of halogens is 4. The van der Waals surface area contributed by atoms with Crippen LogP contribution in [0, 0.1) is 23.4 Å². The van der Waals surface area contributed by atoms with Gasteiger partial charge in [-0.05, 0) is 111 Å². The third-order valence-corrected chi connectivity index (χ3v) is 9.51. The number of piperidine rings is 2. The maximum absolute atomic E-state index is 13.1. The van der Waals surface area contributed by atoms with E-state index in [0.717, 1.165) is 36.8 Å². The number of rotatable bonds is 6. The van der Waals surface area contributed by atoms with Crippen LogP contribution in [0.15, 0.2) is 112 Å². The number of hydrogen-bond acceptors (Lipinski definition) is 7. The van der Waals surface area contributed by atoms with Crippen LogP contribution in [-0.2, 0) is 0 Å². The Hall–Kier alpha value is -6.11. The summed E-state index contributed by atoms with van der Waals surface area (Å²) in [7, 11) is 0. The highest BCUT2D eigenvalue weighted by molar-refractivity contribution is 5.94. The molecule has 0 N–H and O–H groups in total. The summed E-state index contributed by atoms with van der Waals surface area (Å²) in [6.07, 6.45) is 7.74. The SMILES string of the molecule is O=C(c1ccc(F)cc1)N1CCC[C@H](c2nc(-c3ccc(F)cc3)co2)C1.O=C(c1ccc(F)nc1)N1CCC[C@H](c2nc(-c3ccc(F)cc3)co2)C1. The highest BCUT2D eigenvalue weighted by atomic mass is 19.1. The molecule has 276 valence electrons. The number of pyridine rings is 1. The molecule has 2 aliphatic rings. The van der Waals surface area contributed by atoms with Crippen molar-refractivity contribution >= 4 is 11.8 Å². The van der Waals surface area contributed by atoms with E-state index in [4.69, 9.17) is 8.83 Å². The van der Waals surface area contributed by atoms with E-state index in [1.807, 2.05) is 0 Å². The second-order valence-corrected chi connectivity index (χ2v) is 13.2. The van der Waals surface area contributed by atoms with E-state index in [2.05, 4.69) is 15.0 Å². The van der Waals surface area contributed by atoms with Crippen molar-refractivity contribution in [1.29, 1.82) is 0 Å². The van der Waals surface area contributed by atoms with Crippen LogP contribution in [0.4, 0.5) is 17.6 Å². The van der Waals surface area contributed by atoms with E-state index in [1.165, 1.54) is 66.9 Å². The molecule has 2 amide bonds. The zero-order valence-corrected chi connectivity index (χ0v) is 29.0. The normalized spacial score (nSPS) is 17.1. The molecular formula is C41H35F4N5O4. The molecule has 2 fully saturated rings. The summed E-state index contributed by atoms with van der Waals surface area (Å²) in [5.41, 5.74) is 3.66. The van der Waals surface area contributed by atoms with Crippen LogP contribution in [0.25, 0.3) is 22.5 Å².